The number of hydrogen-bond acceptors (Lipinski definition) is 3. The van der Waals surface area contributed by atoms with Gasteiger partial charge in [-0.1, -0.05) is 41.5 Å². The molecule has 20 heavy (non-hydrogen) atoms. The summed E-state index contributed by atoms with van der Waals surface area (Å²) in [5.74, 6) is -0.0437. The lowest BCUT2D eigenvalue weighted by atomic mass is 10.0. The molecular weight excluding hydrogens is 254 g/mol. The number of rotatable bonds is 1. The first-order chi connectivity index (χ1) is 9.66. The van der Waals surface area contributed by atoms with Crippen molar-refractivity contribution in [2.75, 3.05) is 0 Å². The Morgan fingerprint density at radius 2 is 1.70 bits per heavy atom. The van der Waals surface area contributed by atoms with Gasteiger partial charge in [-0.05, 0) is 28.3 Å². The summed E-state index contributed by atoms with van der Waals surface area (Å²) in [5, 5.41) is 20.7. The van der Waals surface area contributed by atoms with Crippen LogP contribution in [0.2, 0.25) is 0 Å². The lowest BCUT2D eigenvalue weighted by Crippen LogP contribution is -2.01. The Hall–Kier alpha value is -2.95. The number of primary amides is 1. The number of urea groups is 1. The largest absolute Gasteiger partial charge is 0.506 e. The van der Waals surface area contributed by atoms with Crippen LogP contribution in [0.5, 0.6) is 5.75 Å². The summed E-state index contributed by atoms with van der Waals surface area (Å²) in [6.07, 6.45) is 0. The molecular formula is C15H11N3O2. The summed E-state index contributed by atoms with van der Waals surface area (Å²) in [4.78, 5) is 10.7. The maximum atomic E-state index is 10.7. The van der Waals surface area contributed by atoms with Crippen LogP contribution in [0.1, 0.15) is 0 Å². The van der Waals surface area contributed by atoms with Crippen molar-refractivity contribution < 1.29 is 9.90 Å². The molecule has 0 bridgehead atoms. The molecule has 0 saturated heterocycles. The molecule has 3 N–H and O–H groups in total. The number of aromatic hydroxyl groups is 1. The predicted octanol–water partition coefficient (Wildman–Crippen LogP) is 3.86. The van der Waals surface area contributed by atoms with Crippen molar-refractivity contribution in [1.82, 2.24) is 0 Å². The fraction of sp³-hybridized carbons (Fsp3) is 0. The lowest BCUT2D eigenvalue weighted by molar-refractivity contribution is 0.255. The van der Waals surface area contributed by atoms with Crippen LogP contribution in [-0.4, -0.2) is 11.1 Å². The van der Waals surface area contributed by atoms with Gasteiger partial charge in [0.1, 0.15) is 11.4 Å². The molecule has 0 heterocycles. The zero-order valence-corrected chi connectivity index (χ0v) is 10.4. The maximum Gasteiger partial charge on any atom is 0.356 e. The number of nitrogens with zero attached hydrogens (tertiary/aromatic N) is 2. The fourth-order valence-electron chi connectivity index (χ4n) is 2.27. The molecule has 98 valence electrons. The summed E-state index contributed by atoms with van der Waals surface area (Å²) in [7, 11) is 0. The molecule has 3 aromatic carbocycles. The van der Waals surface area contributed by atoms with E-state index in [1.54, 1.807) is 0 Å². The summed E-state index contributed by atoms with van der Waals surface area (Å²) < 4.78 is 0. The van der Waals surface area contributed by atoms with Gasteiger partial charge in [-0.3, -0.25) is 0 Å². The Labute approximate surface area is 114 Å². The van der Waals surface area contributed by atoms with E-state index in [9.17, 15) is 9.90 Å². The number of azo groups is 1. The highest BCUT2D eigenvalue weighted by Crippen LogP contribution is 2.38. The number of phenols is 1. The summed E-state index contributed by atoms with van der Waals surface area (Å²) in [6.45, 7) is 0. The summed E-state index contributed by atoms with van der Waals surface area (Å²) >= 11 is 0. The van der Waals surface area contributed by atoms with Gasteiger partial charge >= 0.3 is 6.03 Å². The third-order valence-corrected chi connectivity index (χ3v) is 3.12. The van der Waals surface area contributed by atoms with Crippen molar-refractivity contribution in [1.29, 1.82) is 0 Å². The van der Waals surface area contributed by atoms with Gasteiger partial charge in [0.05, 0.1) is 0 Å². The quantitative estimate of drug-likeness (QED) is 0.516. The Balaban J connectivity index is 2.37. The summed E-state index contributed by atoms with van der Waals surface area (Å²) in [6, 6.07) is 14.1. The minimum atomic E-state index is -0.901. The number of carbonyl (C=O) groups excluding carboxylic acids is 1. The molecule has 0 aliphatic carbocycles. The highest BCUT2D eigenvalue weighted by atomic mass is 16.3. The topological polar surface area (TPSA) is 88.0 Å². The van der Waals surface area contributed by atoms with Crippen molar-refractivity contribution in [2.45, 2.75) is 0 Å². The Kier molecular flexibility index (Phi) is 2.80. The van der Waals surface area contributed by atoms with E-state index in [0.717, 1.165) is 16.2 Å². The van der Waals surface area contributed by atoms with Crippen LogP contribution in [-0.2, 0) is 0 Å². The van der Waals surface area contributed by atoms with E-state index in [4.69, 9.17) is 5.73 Å². The number of hydrogen-bond donors (Lipinski definition) is 2. The van der Waals surface area contributed by atoms with E-state index in [1.807, 2.05) is 42.5 Å². The van der Waals surface area contributed by atoms with E-state index < -0.39 is 6.03 Å². The maximum absolute atomic E-state index is 10.7. The molecule has 0 saturated carbocycles. The highest BCUT2D eigenvalue weighted by molar-refractivity contribution is 6.11. The molecule has 0 spiro atoms. The van der Waals surface area contributed by atoms with Crippen LogP contribution in [0.15, 0.2) is 58.8 Å². The van der Waals surface area contributed by atoms with Crippen LogP contribution in [0.25, 0.3) is 21.5 Å². The first-order valence-electron chi connectivity index (χ1n) is 6.01. The molecule has 0 aliphatic heterocycles. The van der Waals surface area contributed by atoms with Crippen molar-refractivity contribution >= 4 is 33.3 Å². The number of fused-ring (bicyclic) bond motifs is 3. The van der Waals surface area contributed by atoms with Crippen molar-refractivity contribution in [3.05, 3.63) is 48.5 Å². The van der Waals surface area contributed by atoms with Crippen molar-refractivity contribution in [3.63, 3.8) is 0 Å². The minimum absolute atomic E-state index is 0.0437. The second kappa shape index (κ2) is 4.62. The molecule has 3 rings (SSSR count). The molecule has 0 radical (unpaired) electrons. The normalized spacial score (nSPS) is 11.4. The Morgan fingerprint density at radius 3 is 2.50 bits per heavy atom. The van der Waals surface area contributed by atoms with Crippen LogP contribution in [0.4, 0.5) is 10.5 Å². The average molecular weight is 265 g/mol. The smallest absolute Gasteiger partial charge is 0.356 e. The van der Waals surface area contributed by atoms with E-state index in [2.05, 4.69) is 10.2 Å². The monoisotopic (exact) mass is 265 g/mol. The highest BCUT2D eigenvalue weighted by Gasteiger charge is 2.09. The number of carbonyl (C=O) groups is 1. The van der Waals surface area contributed by atoms with Crippen LogP contribution < -0.4 is 5.73 Å². The minimum Gasteiger partial charge on any atom is -0.506 e. The van der Waals surface area contributed by atoms with Gasteiger partial charge in [0.15, 0.2) is 0 Å². The first kappa shape index (κ1) is 12.1. The number of amides is 2. The predicted molar refractivity (Wildman–Crippen MR) is 77.2 cm³/mol. The van der Waals surface area contributed by atoms with Gasteiger partial charge in [-0.2, -0.15) is 0 Å². The van der Waals surface area contributed by atoms with Crippen molar-refractivity contribution in [3.8, 4) is 5.75 Å². The van der Waals surface area contributed by atoms with E-state index in [0.29, 0.717) is 5.39 Å². The third kappa shape index (κ3) is 1.95. The molecule has 0 fully saturated rings. The second-order valence-electron chi connectivity index (χ2n) is 4.35. The molecule has 0 unspecified atom stereocenters. The van der Waals surface area contributed by atoms with Crippen LogP contribution >= 0.6 is 0 Å². The van der Waals surface area contributed by atoms with E-state index in [1.165, 1.54) is 6.07 Å². The van der Waals surface area contributed by atoms with E-state index in [-0.39, 0.29) is 11.4 Å². The number of benzene rings is 3. The Bertz CT molecular complexity index is 856. The van der Waals surface area contributed by atoms with E-state index >= 15 is 0 Å². The molecule has 5 nitrogen and oxygen atoms in total. The molecule has 5 heteroatoms. The summed E-state index contributed by atoms with van der Waals surface area (Å²) in [5.41, 5.74) is 5.19. The van der Waals surface area contributed by atoms with Gasteiger partial charge in [-0.15, -0.1) is 5.11 Å². The van der Waals surface area contributed by atoms with Crippen LogP contribution in [0, 0.1) is 0 Å². The Morgan fingerprint density at radius 1 is 0.950 bits per heavy atom. The molecule has 0 aliphatic rings. The van der Waals surface area contributed by atoms with Gasteiger partial charge in [-0.25, -0.2) is 4.79 Å². The number of nitrogens with two attached hydrogens (primary N) is 1. The second-order valence-corrected chi connectivity index (χ2v) is 4.35. The fourth-order valence-corrected chi connectivity index (χ4v) is 2.27. The lowest BCUT2D eigenvalue weighted by Gasteiger charge is -2.07. The zero-order valence-electron chi connectivity index (χ0n) is 10.4. The SMILES string of the molecule is NC(=O)N=Nc1c(O)ccc2c1ccc1ccccc12. The average Bonchev–Trinajstić information content (AvgIpc) is 2.45. The van der Waals surface area contributed by atoms with Gasteiger partial charge in [0, 0.05) is 5.39 Å². The van der Waals surface area contributed by atoms with Gasteiger partial charge < -0.3 is 10.8 Å². The van der Waals surface area contributed by atoms with Crippen molar-refractivity contribution in [2.24, 2.45) is 16.0 Å². The molecule has 3 aromatic rings. The molecule has 0 aromatic heterocycles. The van der Waals surface area contributed by atoms with Crippen LogP contribution in [0.3, 0.4) is 0 Å². The molecule has 0 atom stereocenters. The standard InChI is InChI=1S/C15H11N3O2/c16-15(20)18-17-14-12-6-5-9-3-1-2-4-10(9)11(12)7-8-13(14)19/h1-8,19H,(H2,16,20). The van der Waals surface area contributed by atoms with Gasteiger partial charge in [0.2, 0.25) is 0 Å². The number of phenolic OH excluding ortho intramolecular Hbond substituents is 1. The molecule has 2 amide bonds. The third-order valence-electron chi connectivity index (χ3n) is 3.12. The first-order valence-corrected chi connectivity index (χ1v) is 6.01. The van der Waals surface area contributed by atoms with Gasteiger partial charge in [0.25, 0.3) is 0 Å². The zero-order chi connectivity index (χ0) is 14.1.